The highest BCUT2D eigenvalue weighted by Crippen LogP contribution is 2.33. The number of nitrogens with zero attached hydrogens (tertiary/aromatic N) is 2. The zero-order chi connectivity index (χ0) is 16.6. The third kappa shape index (κ3) is 2.82. The Kier molecular flexibility index (Phi) is 4.10. The fraction of sp³-hybridized carbons (Fsp3) is 0.333. The first-order valence-corrected chi connectivity index (χ1v) is 8.47. The number of para-hydroxylation sites is 1. The number of carbonyl (C=O) groups is 1. The normalized spacial score (nSPS) is 16.1. The van der Waals surface area contributed by atoms with E-state index < -0.39 is 0 Å². The molecule has 1 aromatic heterocycles. The Morgan fingerprint density at radius 2 is 2.17 bits per heavy atom. The Morgan fingerprint density at radius 1 is 1.43 bits per heavy atom. The van der Waals surface area contributed by atoms with Crippen LogP contribution in [0.25, 0.3) is 0 Å². The van der Waals surface area contributed by atoms with E-state index in [1.807, 2.05) is 26.0 Å². The summed E-state index contributed by atoms with van der Waals surface area (Å²) in [6.07, 6.45) is 0.962. The molecule has 0 saturated heterocycles. The molecule has 0 fully saturated rings. The van der Waals surface area contributed by atoms with Crippen LogP contribution in [-0.2, 0) is 11.2 Å². The van der Waals surface area contributed by atoms with Crippen molar-refractivity contribution in [3.63, 3.8) is 0 Å². The molecule has 2 heterocycles. The van der Waals surface area contributed by atoms with Gasteiger partial charge in [0.1, 0.15) is 11.1 Å². The third-order valence-electron chi connectivity index (χ3n) is 4.41. The number of amides is 1. The van der Waals surface area contributed by atoms with Gasteiger partial charge in [-0.3, -0.25) is 4.79 Å². The largest absolute Gasteiger partial charge is 0.359 e. The lowest BCUT2D eigenvalue weighted by molar-refractivity contribution is -0.115. The van der Waals surface area contributed by atoms with Crippen LogP contribution in [0.1, 0.15) is 28.5 Å². The van der Waals surface area contributed by atoms with Crippen molar-refractivity contribution >= 4 is 27.9 Å². The van der Waals surface area contributed by atoms with Crippen LogP contribution in [0.5, 0.6) is 0 Å². The number of thiophene rings is 1. The molecule has 0 saturated carbocycles. The minimum Gasteiger partial charge on any atom is -0.359 e. The van der Waals surface area contributed by atoms with E-state index >= 15 is 0 Å². The molecule has 4 nitrogen and oxygen atoms in total. The van der Waals surface area contributed by atoms with Crippen LogP contribution in [-0.4, -0.2) is 18.5 Å². The van der Waals surface area contributed by atoms with Gasteiger partial charge in [0.15, 0.2) is 0 Å². The van der Waals surface area contributed by atoms with E-state index in [9.17, 15) is 10.1 Å². The number of hydrogen-bond donors (Lipinski definition) is 1. The number of fused-ring (bicyclic) bond motifs is 1. The molecule has 118 valence electrons. The van der Waals surface area contributed by atoms with Crippen LogP contribution in [0.2, 0.25) is 0 Å². The Balaban J connectivity index is 1.76. The van der Waals surface area contributed by atoms with E-state index in [2.05, 4.69) is 35.3 Å². The molecule has 1 unspecified atom stereocenters. The summed E-state index contributed by atoms with van der Waals surface area (Å²) in [5, 5.41) is 12.9. The van der Waals surface area contributed by atoms with Crippen LogP contribution in [0.3, 0.4) is 0 Å². The van der Waals surface area contributed by atoms with Crippen molar-refractivity contribution in [1.29, 1.82) is 5.26 Å². The number of aryl methyl sites for hydroxylation is 1. The molecular formula is C18H19N3OS. The van der Waals surface area contributed by atoms with Crippen molar-refractivity contribution in [1.82, 2.24) is 0 Å². The minimum atomic E-state index is -0.0775. The van der Waals surface area contributed by atoms with E-state index in [0.717, 1.165) is 22.5 Å². The standard InChI is InChI=1S/C18H19N3OS/c1-11-8-14-6-4-5-7-16(14)21(11)10-17(22)20-18-15(9-19)12(2)13(3)23-18/h4-7,11H,8,10H2,1-3H3,(H,20,22). The predicted molar refractivity (Wildman–Crippen MR) is 94.1 cm³/mol. The first kappa shape index (κ1) is 15.6. The van der Waals surface area contributed by atoms with Gasteiger partial charge in [0.2, 0.25) is 5.91 Å². The summed E-state index contributed by atoms with van der Waals surface area (Å²) in [5.41, 5.74) is 3.95. The molecule has 1 aliphatic rings. The summed E-state index contributed by atoms with van der Waals surface area (Å²) >= 11 is 1.47. The quantitative estimate of drug-likeness (QED) is 0.937. The number of nitriles is 1. The maximum absolute atomic E-state index is 12.5. The van der Waals surface area contributed by atoms with Crippen molar-refractivity contribution in [2.45, 2.75) is 33.2 Å². The summed E-state index contributed by atoms with van der Waals surface area (Å²) in [6.45, 7) is 6.32. The average Bonchev–Trinajstić information content (AvgIpc) is 2.97. The fourth-order valence-corrected chi connectivity index (χ4v) is 4.07. The van der Waals surface area contributed by atoms with Crippen molar-refractivity contribution in [2.75, 3.05) is 16.8 Å². The van der Waals surface area contributed by atoms with Gasteiger partial charge in [0.05, 0.1) is 12.1 Å². The molecule has 3 rings (SSSR count). The number of carbonyl (C=O) groups excluding carboxylic acids is 1. The molecule has 2 aromatic rings. The Labute approximate surface area is 140 Å². The first-order chi connectivity index (χ1) is 11.0. The third-order valence-corrected chi connectivity index (χ3v) is 5.54. The molecule has 0 radical (unpaired) electrons. The molecule has 1 N–H and O–H groups in total. The summed E-state index contributed by atoms with van der Waals surface area (Å²) in [6, 6.07) is 10.7. The zero-order valence-electron chi connectivity index (χ0n) is 13.5. The van der Waals surface area contributed by atoms with Gasteiger partial charge in [-0.15, -0.1) is 11.3 Å². The van der Waals surface area contributed by atoms with Crippen molar-refractivity contribution in [3.8, 4) is 6.07 Å². The molecule has 0 aliphatic carbocycles. The molecule has 0 spiro atoms. The fourth-order valence-electron chi connectivity index (χ4n) is 3.04. The maximum Gasteiger partial charge on any atom is 0.244 e. The maximum atomic E-state index is 12.5. The Hall–Kier alpha value is -2.32. The lowest BCUT2D eigenvalue weighted by Crippen LogP contribution is -2.37. The average molecular weight is 325 g/mol. The molecule has 1 aromatic carbocycles. The van der Waals surface area contributed by atoms with Crippen LogP contribution >= 0.6 is 11.3 Å². The predicted octanol–water partition coefficient (Wildman–Crippen LogP) is 3.63. The van der Waals surface area contributed by atoms with Crippen molar-refractivity contribution < 1.29 is 4.79 Å². The van der Waals surface area contributed by atoms with Crippen LogP contribution < -0.4 is 10.2 Å². The van der Waals surface area contributed by atoms with Crippen LogP contribution in [0.15, 0.2) is 24.3 Å². The lowest BCUT2D eigenvalue weighted by Gasteiger charge is -2.24. The van der Waals surface area contributed by atoms with Crippen LogP contribution in [0, 0.1) is 25.2 Å². The minimum absolute atomic E-state index is 0.0775. The second kappa shape index (κ2) is 6.05. The lowest BCUT2D eigenvalue weighted by atomic mass is 10.1. The molecule has 0 bridgehead atoms. The topological polar surface area (TPSA) is 56.1 Å². The second-order valence-corrected chi connectivity index (χ2v) is 7.18. The van der Waals surface area contributed by atoms with E-state index in [1.165, 1.54) is 16.9 Å². The van der Waals surface area contributed by atoms with E-state index in [1.54, 1.807) is 0 Å². The van der Waals surface area contributed by atoms with Gasteiger partial charge in [-0.05, 0) is 44.4 Å². The zero-order valence-corrected chi connectivity index (χ0v) is 14.3. The highest BCUT2D eigenvalue weighted by molar-refractivity contribution is 7.16. The molecule has 23 heavy (non-hydrogen) atoms. The van der Waals surface area contributed by atoms with E-state index in [-0.39, 0.29) is 5.91 Å². The molecule has 5 heteroatoms. The number of rotatable bonds is 3. The monoisotopic (exact) mass is 325 g/mol. The smallest absolute Gasteiger partial charge is 0.244 e. The molecule has 1 atom stereocenters. The van der Waals surface area contributed by atoms with E-state index in [0.29, 0.717) is 23.2 Å². The van der Waals surface area contributed by atoms with Gasteiger partial charge in [-0.2, -0.15) is 5.26 Å². The number of hydrogen-bond acceptors (Lipinski definition) is 4. The van der Waals surface area contributed by atoms with Gasteiger partial charge < -0.3 is 10.2 Å². The second-order valence-electron chi connectivity index (χ2n) is 5.96. The summed E-state index contributed by atoms with van der Waals surface area (Å²) in [7, 11) is 0. The van der Waals surface area contributed by atoms with Gasteiger partial charge in [0.25, 0.3) is 0 Å². The first-order valence-electron chi connectivity index (χ1n) is 7.65. The van der Waals surface area contributed by atoms with Gasteiger partial charge in [-0.1, -0.05) is 18.2 Å². The Morgan fingerprint density at radius 3 is 2.91 bits per heavy atom. The number of nitrogens with one attached hydrogen (secondary N) is 1. The molecule has 1 aliphatic heterocycles. The summed E-state index contributed by atoms with van der Waals surface area (Å²) in [4.78, 5) is 15.7. The highest BCUT2D eigenvalue weighted by Gasteiger charge is 2.27. The van der Waals surface area contributed by atoms with E-state index in [4.69, 9.17) is 0 Å². The van der Waals surface area contributed by atoms with Gasteiger partial charge >= 0.3 is 0 Å². The number of benzene rings is 1. The number of anilines is 2. The summed E-state index contributed by atoms with van der Waals surface area (Å²) in [5.74, 6) is -0.0775. The van der Waals surface area contributed by atoms with Crippen LogP contribution in [0.4, 0.5) is 10.7 Å². The SMILES string of the molecule is Cc1sc(NC(=O)CN2c3ccccc3CC2C)c(C#N)c1C. The summed E-state index contributed by atoms with van der Waals surface area (Å²) < 4.78 is 0. The molecule has 1 amide bonds. The van der Waals surface area contributed by atoms with Gasteiger partial charge in [0, 0.05) is 16.6 Å². The molecular weight excluding hydrogens is 306 g/mol. The van der Waals surface area contributed by atoms with Crippen molar-refractivity contribution in [3.05, 3.63) is 45.8 Å². The Bertz CT molecular complexity index is 803. The van der Waals surface area contributed by atoms with Gasteiger partial charge in [-0.25, -0.2) is 0 Å². The van der Waals surface area contributed by atoms with Crippen molar-refractivity contribution in [2.24, 2.45) is 0 Å². The highest BCUT2D eigenvalue weighted by atomic mass is 32.1.